The minimum absolute atomic E-state index is 0.271. The molecule has 0 aliphatic heterocycles. The Morgan fingerprint density at radius 3 is 2.42 bits per heavy atom. The quantitative estimate of drug-likeness (QED) is 0.715. The monoisotopic (exact) mass is 350 g/mol. The Morgan fingerprint density at radius 2 is 1.69 bits per heavy atom. The average molecular weight is 350 g/mol. The second-order valence-electron chi connectivity index (χ2n) is 5.71. The highest BCUT2D eigenvalue weighted by Gasteiger charge is 2.16. The number of methoxy groups -OCH3 is 1. The molecule has 0 unspecified atom stereocenters. The zero-order chi connectivity index (χ0) is 18.5. The van der Waals surface area contributed by atoms with Gasteiger partial charge in [-0.2, -0.15) is 0 Å². The highest BCUT2D eigenvalue weighted by Crippen LogP contribution is 2.29. The number of benzene rings is 3. The van der Waals surface area contributed by atoms with Crippen LogP contribution in [0.15, 0.2) is 72.8 Å². The van der Waals surface area contributed by atoms with E-state index in [0.29, 0.717) is 11.3 Å². The maximum Gasteiger partial charge on any atom is 0.257 e. The smallest absolute Gasteiger partial charge is 0.257 e. The van der Waals surface area contributed by atoms with Crippen molar-refractivity contribution in [2.24, 2.45) is 0 Å². The number of para-hydroxylation sites is 2. The Kier molecular flexibility index (Phi) is 5.17. The lowest BCUT2D eigenvalue weighted by atomic mass is 10.1. The van der Waals surface area contributed by atoms with Gasteiger partial charge in [0.05, 0.1) is 24.0 Å². The summed E-state index contributed by atoms with van der Waals surface area (Å²) in [5.74, 6) is -0.454. The summed E-state index contributed by atoms with van der Waals surface area (Å²) in [5.41, 5.74) is 2.64. The van der Waals surface area contributed by atoms with E-state index in [2.05, 4.69) is 5.32 Å². The van der Waals surface area contributed by atoms with Gasteiger partial charge in [-0.1, -0.05) is 30.3 Å². The van der Waals surface area contributed by atoms with Crippen molar-refractivity contribution < 1.29 is 13.9 Å². The molecule has 0 aromatic heterocycles. The Labute approximate surface area is 151 Å². The van der Waals surface area contributed by atoms with Crippen LogP contribution in [0.5, 0.6) is 5.75 Å². The molecule has 0 aliphatic rings. The number of hydrogen-bond donors (Lipinski definition) is 1. The third-order valence-corrected chi connectivity index (χ3v) is 4.07. The zero-order valence-corrected chi connectivity index (χ0v) is 14.6. The molecule has 0 bridgehead atoms. The Hall–Kier alpha value is -3.34. The van der Waals surface area contributed by atoms with Gasteiger partial charge in [0, 0.05) is 18.8 Å². The summed E-state index contributed by atoms with van der Waals surface area (Å²) >= 11 is 0. The fourth-order valence-corrected chi connectivity index (χ4v) is 2.71. The van der Waals surface area contributed by atoms with E-state index in [-0.39, 0.29) is 11.7 Å². The summed E-state index contributed by atoms with van der Waals surface area (Å²) < 4.78 is 18.5. The van der Waals surface area contributed by atoms with Crippen LogP contribution in [0.2, 0.25) is 0 Å². The number of halogens is 1. The maximum atomic E-state index is 13.4. The lowest BCUT2D eigenvalue weighted by Gasteiger charge is -2.22. The number of hydrogen-bond acceptors (Lipinski definition) is 3. The predicted octanol–water partition coefficient (Wildman–Crippen LogP) is 4.85. The van der Waals surface area contributed by atoms with E-state index >= 15 is 0 Å². The van der Waals surface area contributed by atoms with E-state index in [0.717, 1.165) is 11.4 Å². The SMILES string of the molecule is COc1cc(F)ccc1NC(=O)c1ccccc1N(C)c1ccccc1. The van der Waals surface area contributed by atoms with E-state index in [1.807, 2.05) is 54.4 Å². The van der Waals surface area contributed by atoms with Crippen LogP contribution in [0.4, 0.5) is 21.5 Å². The van der Waals surface area contributed by atoms with E-state index in [9.17, 15) is 9.18 Å². The van der Waals surface area contributed by atoms with Crippen molar-refractivity contribution >= 4 is 23.0 Å². The zero-order valence-electron chi connectivity index (χ0n) is 14.6. The predicted molar refractivity (Wildman–Crippen MR) is 102 cm³/mol. The van der Waals surface area contributed by atoms with Gasteiger partial charge in [0.25, 0.3) is 5.91 Å². The molecule has 3 aromatic rings. The molecule has 5 heteroatoms. The van der Waals surface area contributed by atoms with Crippen LogP contribution in [0.1, 0.15) is 10.4 Å². The Bertz CT molecular complexity index is 913. The number of carbonyl (C=O) groups excluding carboxylic acids is 1. The molecule has 0 aliphatic carbocycles. The van der Waals surface area contributed by atoms with Crippen molar-refractivity contribution in [3.8, 4) is 5.75 Å². The van der Waals surface area contributed by atoms with Crippen LogP contribution >= 0.6 is 0 Å². The molecule has 1 N–H and O–H groups in total. The minimum atomic E-state index is -0.427. The minimum Gasteiger partial charge on any atom is -0.494 e. The number of nitrogens with one attached hydrogen (secondary N) is 1. The van der Waals surface area contributed by atoms with Crippen molar-refractivity contribution in [2.45, 2.75) is 0 Å². The van der Waals surface area contributed by atoms with Crippen molar-refractivity contribution in [3.05, 3.63) is 84.2 Å². The average Bonchev–Trinajstić information content (AvgIpc) is 2.69. The molecule has 26 heavy (non-hydrogen) atoms. The second kappa shape index (κ2) is 7.70. The number of anilines is 3. The first-order chi connectivity index (χ1) is 12.6. The molecule has 4 nitrogen and oxygen atoms in total. The molecule has 3 aromatic carbocycles. The molecule has 1 amide bonds. The van der Waals surface area contributed by atoms with Crippen LogP contribution < -0.4 is 15.0 Å². The first kappa shape index (κ1) is 17.5. The standard InChI is InChI=1S/C21H19FN2O2/c1-24(16-8-4-3-5-9-16)19-11-7-6-10-17(19)21(25)23-18-13-12-15(22)14-20(18)26-2/h3-14H,1-2H3,(H,23,25). The molecule has 0 atom stereocenters. The number of amides is 1. The normalized spacial score (nSPS) is 10.3. The van der Waals surface area contributed by atoms with Gasteiger partial charge in [-0.05, 0) is 36.4 Å². The van der Waals surface area contributed by atoms with E-state index in [4.69, 9.17) is 4.74 Å². The lowest BCUT2D eigenvalue weighted by Crippen LogP contribution is -2.18. The van der Waals surface area contributed by atoms with Crippen molar-refractivity contribution in [3.63, 3.8) is 0 Å². The van der Waals surface area contributed by atoms with Gasteiger partial charge in [-0.15, -0.1) is 0 Å². The van der Waals surface area contributed by atoms with Crippen LogP contribution in [-0.2, 0) is 0 Å². The largest absolute Gasteiger partial charge is 0.494 e. The fourth-order valence-electron chi connectivity index (χ4n) is 2.71. The van der Waals surface area contributed by atoms with Crippen LogP contribution in [0.25, 0.3) is 0 Å². The Morgan fingerprint density at radius 1 is 1.00 bits per heavy atom. The fraction of sp³-hybridized carbons (Fsp3) is 0.0952. The molecule has 0 fully saturated rings. The number of carbonyl (C=O) groups is 1. The third-order valence-electron chi connectivity index (χ3n) is 4.07. The van der Waals surface area contributed by atoms with Gasteiger partial charge in [0.2, 0.25) is 0 Å². The summed E-state index contributed by atoms with van der Waals surface area (Å²) in [6.07, 6.45) is 0. The Balaban J connectivity index is 1.92. The second-order valence-corrected chi connectivity index (χ2v) is 5.71. The number of ether oxygens (including phenoxy) is 1. The molecule has 132 valence electrons. The summed E-state index contributed by atoms with van der Waals surface area (Å²) in [7, 11) is 3.33. The van der Waals surface area contributed by atoms with Crippen LogP contribution in [0.3, 0.4) is 0 Å². The third kappa shape index (κ3) is 3.67. The maximum absolute atomic E-state index is 13.4. The first-order valence-electron chi connectivity index (χ1n) is 8.13. The lowest BCUT2D eigenvalue weighted by molar-refractivity contribution is 0.102. The van der Waals surface area contributed by atoms with Gasteiger partial charge in [-0.3, -0.25) is 4.79 Å². The molecule has 0 spiro atoms. The van der Waals surface area contributed by atoms with Crippen LogP contribution in [-0.4, -0.2) is 20.1 Å². The topological polar surface area (TPSA) is 41.6 Å². The highest BCUT2D eigenvalue weighted by atomic mass is 19.1. The first-order valence-corrected chi connectivity index (χ1v) is 8.13. The molecule has 0 radical (unpaired) electrons. The van der Waals surface area contributed by atoms with Gasteiger partial charge < -0.3 is 15.0 Å². The summed E-state index contributed by atoms with van der Waals surface area (Å²) in [4.78, 5) is 14.8. The van der Waals surface area contributed by atoms with Gasteiger partial charge >= 0.3 is 0 Å². The van der Waals surface area contributed by atoms with Gasteiger partial charge in [0.1, 0.15) is 11.6 Å². The van der Waals surface area contributed by atoms with Crippen molar-refractivity contribution in [1.29, 1.82) is 0 Å². The van der Waals surface area contributed by atoms with E-state index in [1.165, 1.54) is 25.3 Å². The molecule has 0 saturated heterocycles. The molecule has 0 heterocycles. The molecular weight excluding hydrogens is 331 g/mol. The molecule has 3 rings (SSSR count). The number of nitrogens with zero attached hydrogens (tertiary/aromatic N) is 1. The van der Waals surface area contributed by atoms with E-state index < -0.39 is 5.82 Å². The summed E-state index contributed by atoms with van der Waals surface area (Å²) in [6, 6.07) is 21.1. The molecule has 0 saturated carbocycles. The molecular formula is C21H19FN2O2. The van der Waals surface area contributed by atoms with Crippen molar-refractivity contribution in [1.82, 2.24) is 0 Å². The van der Waals surface area contributed by atoms with Crippen LogP contribution in [0, 0.1) is 5.82 Å². The number of rotatable bonds is 5. The van der Waals surface area contributed by atoms with Gasteiger partial charge in [-0.25, -0.2) is 4.39 Å². The van der Waals surface area contributed by atoms with E-state index in [1.54, 1.807) is 12.1 Å². The summed E-state index contributed by atoms with van der Waals surface area (Å²) in [6.45, 7) is 0. The van der Waals surface area contributed by atoms with Gasteiger partial charge in [0.15, 0.2) is 0 Å². The van der Waals surface area contributed by atoms with Crippen molar-refractivity contribution in [2.75, 3.05) is 24.4 Å². The highest BCUT2D eigenvalue weighted by molar-refractivity contribution is 6.09. The summed E-state index contributed by atoms with van der Waals surface area (Å²) in [5, 5.41) is 2.79.